The van der Waals surface area contributed by atoms with Crippen LogP contribution in [0.5, 0.6) is 5.75 Å². The fraction of sp³-hybridized carbons (Fsp3) is 0.150. The molecule has 4 aromatic rings. The van der Waals surface area contributed by atoms with E-state index in [-0.39, 0.29) is 13.2 Å². The summed E-state index contributed by atoms with van der Waals surface area (Å²) >= 11 is 0. The first-order chi connectivity index (χ1) is 12.5. The molecule has 3 aromatic carbocycles. The molecule has 0 fully saturated rings. The van der Waals surface area contributed by atoms with Gasteiger partial charge in [0.05, 0.1) is 17.6 Å². The van der Waals surface area contributed by atoms with Gasteiger partial charge in [0, 0.05) is 5.39 Å². The highest BCUT2D eigenvalue weighted by molar-refractivity contribution is 5.88. The van der Waals surface area contributed by atoms with Crippen LogP contribution in [0, 0.1) is 0 Å². The lowest BCUT2D eigenvalue weighted by Crippen LogP contribution is -2.18. The third kappa shape index (κ3) is 2.98. The molecule has 0 atom stereocenters. The van der Waals surface area contributed by atoms with Crippen molar-refractivity contribution >= 4 is 21.8 Å². The molecule has 0 aliphatic carbocycles. The Balaban J connectivity index is 1.62. The molecule has 0 radical (unpaired) electrons. The van der Waals surface area contributed by atoms with E-state index in [4.69, 9.17) is 4.74 Å². The van der Waals surface area contributed by atoms with Crippen LogP contribution in [0.25, 0.3) is 21.8 Å². The number of fused-ring (bicyclic) bond motifs is 2. The van der Waals surface area contributed by atoms with Crippen molar-refractivity contribution in [2.75, 3.05) is 6.61 Å². The fourth-order valence-electron chi connectivity index (χ4n) is 3.09. The Kier molecular flexibility index (Phi) is 4.03. The van der Waals surface area contributed by atoms with Gasteiger partial charge in [0.2, 0.25) is 5.82 Å². The van der Waals surface area contributed by atoms with E-state index in [1.165, 1.54) is 4.57 Å². The van der Waals surface area contributed by atoms with E-state index in [2.05, 4.69) is 4.98 Å². The van der Waals surface area contributed by atoms with Crippen LogP contribution in [0.3, 0.4) is 0 Å². The molecule has 0 aliphatic heterocycles. The zero-order valence-corrected chi connectivity index (χ0v) is 13.7. The van der Waals surface area contributed by atoms with Crippen LogP contribution in [-0.2, 0) is 12.7 Å². The van der Waals surface area contributed by atoms with Crippen LogP contribution < -0.4 is 4.74 Å². The highest BCUT2D eigenvalue weighted by Gasteiger charge is 2.37. The molecule has 0 unspecified atom stereocenters. The van der Waals surface area contributed by atoms with Crippen LogP contribution >= 0.6 is 0 Å². The van der Waals surface area contributed by atoms with E-state index in [0.29, 0.717) is 16.8 Å². The van der Waals surface area contributed by atoms with Gasteiger partial charge < -0.3 is 9.30 Å². The Hall–Kier alpha value is -3.02. The lowest BCUT2D eigenvalue weighted by molar-refractivity contribution is -0.147. The van der Waals surface area contributed by atoms with E-state index in [1.807, 2.05) is 42.5 Å². The zero-order valence-electron chi connectivity index (χ0n) is 13.7. The van der Waals surface area contributed by atoms with E-state index in [9.17, 15) is 13.2 Å². The van der Waals surface area contributed by atoms with Crippen molar-refractivity contribution in [1.29, 1.82) is 0 Å². The summed E-state index contributed by atoms with van der Waals surface area (Å²) in [7, 11) is 0. The van der Waals surface area contributed by atoms with Gasteiger partial charge >= 0.3 is 6.18 Å². The van der Waals surface area contributed by atoms with E-state index < -0.39 is 12.0 Å². The monoisotopic (exact) mass is 356 g/mol. The molecular weight excluding hydrogens is 341 g/mol. The van der Waals surface area contributed by atoms with Crippen molar-refractivity contribution in [1.82, 2.24) is 9.55 Å². The molecule has 1 aromatic heterocycles. The average Bonchev–Trinajstić information content (AvgIpc) is 3.01. The van der Waals surface area contributed by atoms with Crippen molar-refractivity contribution in [3.63, 3.8) is 0 Å². The fourth-order valence-corrected chi connectivity index (χ4v) is 3.09. The molecule has 0 aliphatic rings. The van der Waals surface area contributed by atoms with E-state index in [0.717, 1.165) is 10.8 Å². The SMILES string of the molecule is FC(F)(F)c1nc2ccccc2n1CCOc1cccc2ccccc12. The maximum absolute atomic E-state index is 13.3. The lowest BCUT2D eigenvalue weighted by Gasteiger charge is -2.13. The lowest BCUT2D eigenvalue weighted by atomic mass is 10.1. The Morgan fingerprint density at radius 3 is 2.46 bits per heavy atom. The van der Waals surface area contributed by atoms with Crippen LogP contribution in [0.4, 0.5) is 13.2 Å². The van der Waals surface area contributed by atoms with Gasteiger partial charge in [-0.3, -0.25) is 0 Å². The third-order valence-electron chi connectivity index (χ3n) is 4.23. The van der Waals surface area contributed by atoms with Crippen molar-refractivity contribution in [3.05, 3.63) is 72.6 Å². The predicted molar refractivity (Wildman–Crippen MR) is 94.2 cm³/mol. The summed E-state index contributed by atoms with van der Waals surface area (Å²) in [5, 5.41) is 1.95. The Bertz CT molecular complexity index is 1060. The van der Waals surface area contributed by atoms with Gasteiger partial charge in [-0.1, -0.05) is 48.5 Å². The van der Waals surface area contributed by atoms with Gasteiger partial charge in [0.1, 0.15) is 12.4 Å². The smallest absolute Gasteiger partial charge is 0.449 e. The summed E-state index contributed by atoms with van der Waals surface area (Å²) in [5.74, 6) is -0.249. The predicted octanol–water partition coefficient (Wildman–Crippen LogP) is 5.29. The normalized spacial score (nSPS) is 12.0. The van der Waals surface area contributed by atoms with E-state index in [1.54, 1.807) is 24.3 Å². The zero-order chi connectivity index (χ0) is 18.1. The number of para-hydroxylation sites is 2. The molecule has 0 amide bonds. The maximum atomic E-state index is 13.3. The second-order valence-electron chi connectivity index (χ2n) is 5.90. The van der Waals surface area contributed by atoms with Crippen LogP contribution in [0.1, 0.15) is 5.82 Å². The number of halogens is 3. The second-order valence-corrected chi connectivity index (χ2v) is 5.90. The highest BCUT2D eigenvalue weighted by atomic mass is 19.4. The molecule has 0 N–H and O–H groups in total. The molecule has 26 heavy (non-hydrogen) atoms. The minimum atomic E-state index is -4.52. The second kappa shape index (κ2) is 6.37. The molecule has 0 bridgehead atoms. The summed E-state index contributed by atoms with van der Waals surface area (Å²) in [6.07, 6.45) is -4.52. The number of hydrogen-bond donors (Lipinski definition) is 0. The van der Waals surface area contributed by atoms with Crippen molar-refractivity contribution in [3.8, 4) is 5.75 Å². The minimum absolute atomic E-state index is 0.0541. The number of alkyl halides is 3. The van der Waals surface area contributed by atoms with Gasteiger partial charge in [-0.15, -0.1) is 0 Å². The summed E-state index contributed by atoms with van der Waals surface area (Å²) < 4.78 is 46.9. The van der Waals surface area contributed by atoms with Gasteiger partial charge in [0.25, 0.3) is 0 Å². The third-order valence-corrected chi connectivity index (χ3v) is 4.23. The maximum Gasteiger partial charge on any atom is 0.449 e. The van der Waals surface area contributed by atoms with Crippen molar-refractivity contribution in [2.24, 2.45) is 0 Å². The number of hydrogen-bond acceptors (Lipinski definition) is 2. The number of aromatic nitrogens is 2. The van der Waals surface area contributed by atoms with Gasteiger partial charge in [-0.2, -0.15) is 13.2 Å². The van der Waals surface area contributed by atoms with Crippen LogP contribution in [0.2, 0.25) is 0 Å². The molecule has 132 valence electrons. The number of imidazole rings is 1. The Morgan fingerprint density at radius 2 is 1.62 bits per heavy atom. The first-order valence-electron chi connectivity index (χ1n) is 8.17. The molecule has 0 spiro atoms. The standard InChI is InChI=1S/C20H15F3N2O/c21-20(22,23)19-24-16-9-3-4-10-17(16)25(19)12-13-26-18-11-5-7-14-6-1-2-8-15(14)18/h1-11H,12-13H2. The number of ether oxygens (including phenoxy) is 1. The van der Waals surface area contributed by atoms with Gasteiger partial charge in [-0.25, -0.2) is 4.98 Å². The number of rotatable bonds is 4. The quantitative estimate of drug-likeness (QED) is 0.497. The summed E-state index contributed by atoms with van der Waals surface area (Å²) in [6, 6.07) is 20.0. The molecule has 3 nitrogen and oxygen atoms in total. The van der Waals surface area contributed by atoms with Crippen LogP contribution in [0.15, 0.2) is 66.7 Å². The Morgan fingerprint density at radius 1 is 0.885 bits per heavy atom. The number of nitrogens with zero attached hydrogens (tertiary/aromatic N) is 2. The molecule has 1 heterocycles. The highest BCUT2D eigenvalue weighted by Crippen LogP contribution is 2.31. The number of benzene rings is 3. The topological polar surface area (TPSA) is 27.1 Å². The molecule has 6 heteroatoms. The van der Waals surface area contributed by atoms with Crippen molar-refractivity contribution < 1.29 is 17.9 Å². The van der Waals surface area contributed by atoms with Crippen LogP contribution in [-0.4, -0.2) is 16.2 Å². The van der Waals surface area contributed by atoms with E-state index >= 15 is 0 Å². The Labute approximate surface area is 147 Å². The largest absolute Gasteiger partial charge is 0.491 e. The molecule has 0 saturated carbocycles. The molecule has 0 saturated heterocycles. The van der Waals surface area contributed by atoms with Gasteiger partial charge in [-0.05, 0) is 23.6 Å². The van der Waals surface area contributed by atoms with Gasteiger partial charge in [0.15, 0.2) is 0 Å². The summed E-state index contributed by atoms with van der Waals surface area (Å²) in [6.45, 7) is 0.163. The van der Waals surface area contributed by atoms with Crippen molar-refractivity contribution in [2.45, 2.75) is 12.7 Å². The summed E-state index contributed by atoms with van der Waals surface area (Å²) in [4.78, 5) is 3.74. The minimum Gasteiger partial charge on any atom is -0.491 e. The first-order valence-corrected chi connectivity index (χ1v) is 8.17. The first kappa shape index (κ1) is 16.4. The molecule has 4 rings (SSSR count). The molecular formula is C20H15F3N2O. The summed E-state index contributed by atoms with van der Waals surface area (Å²) in [5.41, 5.74) is 0.770. The average molecular weight is 356 g/mol.